The van der Waals surface area contributed by atoms with Gasteiger partial charge in [-0.15, -0.1) is 0 Å². The number of hydrogen-bond donors (Lipinski definition) is 0. The number of rotatable bonds is 14. The molecule has 5 aromatic rings. The predicted molar refractivity (Wildman–Crippen MR) is 193 cm³/mol. The maximum atomic E-state index is 14.6. The molecule has 0 radical (unpaired) electrons. The zero-order chi connectivity index (χ0) is 35.1. The van der Waals surface area contributed by atoms with Crippen LogP contribution in [-0.4, -0.2) is 43.9 Å². The third-order valence-electron chi connectivity index (χ3n) is 7.35. The summed E-state index contributed by atoms with van der Waals surface area (Å²) in [6.07, 6.45) is 1.88. The molecule has 0 unspecified atom stereocenters. The number of nitrogens with zero attached hydrogens (tertiary/aromatic N) is 1. The van der Waals surface area contributed by atoms with Gasteiger partial charge in [0.2, 0.25) is 0 Å². The van der Waals surface area contributed by atoms with Crippen LogP contribution < -0.4 is 8.64 Å². The van der Waals surface area contributed by atoms with Crippen LogP contribution in [0, 0.1) is 6.92 Å². The molecule has 0 amide bonds. The number of hydrogen-bond acceptors (Lipinski definition) is 7. The van der Waals surface area contributed by atoms with Crippen molar-refractivity contribution < 1.29 is 29.4 Å². The first-order chi connectivity index (χ1) is 23.4. The second-order valence-corrected chi connectivity index (χ2v) is 18.8. The monoisotopic (exact) mass is 781 g/mol. The first-order valence-electron chi connectivity index (χ1n) is 15.4. The molecule has 0 saturated heterocycles. The van der Waals surface area contributed by atoms with Crippen LogP contribution in [0.1, 0.15) is 37.3 Å². The molecule has 0 aliphatic heterocycles. The molecule has 254 valence electrons. The summed E-state index contributed by atoms with van der Waals surface area (Å²) < 4.78 is 92.2. The van der Waals surface area contributed by atoms with E-state index in [-0.39, 0.29) is 31.7 Å². The van der Waals surface area contributed by atoms with E-state index in [2.05, 4.69) is 0 Å². The summed E-state index contributed by atoms with van der Waals surface area (Å²) in [6, 6.07) is 36.4. The van der Waals surface area contributed by atoms with Crippen LogP contribution >= 0.6 is 0 Å². The Bertz CT molecular complexity index is 2160. The summed E-state index contributed by atoms with van der Waals surface area (Å²) in [5.74, 6) is -0.0178. The molecule has 0 atom stereocenters. The van der Waals surface area contributed by atoms with Crippen LogP contribution in [0.2, 0.25) is 0 Å². The predicted octanol–water partition coefficient (Wildman–Crippen LogP) is 6.73. The Morgan fingerprint density at radius 3 is 1.59 bits per heavy atom. The van der Waals surface area contributed by atoms with E-state index in [1.807, 2.05) is 44.2 Å². The van der Waals surface area contributed by atoms with Crippen molar-refractivity contribution in [2.24, 2.45) is 0 Å². The van der Waals surface area contributed by atoms with Crippen molar-refractivity contribution in [3.05, 3.63) is 155 Å². The molecular formula is C37H35NO7S3Se. The number of aryl methyl sites for hydroxylation is 1. The number of sulfonamides is 2. The van der Waals surface area contributed by atoms with E-state index in [0.29, 0.717) is 21.0 Å². The van der Waals surface area contributed by atoms with E-state index in [1.54, 1.807) is 24.3 Å². The van der Waals surface area contributed by atoms with Gasteiger partial charge in [0.25, 0.3) is 0 Å². The van der Waals surface area contributed by atoms with Gasteiger partial charge in [-0.25, -0.2) is 0 Å². The first kappa shape index (κ1) is 36.1. The van der Waals surface area contributed by atoms with Gasteiger partial charge >= 0.3 is 290 Å². The maximum absolute atomic E-state index is 14.6. The Morgan fingerprint density at radius 1 is 0.612 bits per heavy atom. The molecule has 8 nitrogen and oxygen atoms in total. The van der Waals surface area contributed by atoms with Crippen molar-refractivity contribution in [3.8, 4) is 5.75 Å². The summed E-state index contributed by atoms with van der Waals surface area (Å²) in [7, 11) is -13.6. The van der Waals surface area contributed by atoms with Gasteiger partial charge in [0.05, 0.1) is 0 Å². The Hall–Kier alpha value is -4.19. The van der Waals surface area contributed by atoms with Crippen molar-refractivity contribution in [3.63, 3.8) is 0 Å². The van der Waals surface area contributed by atoms with Gasteiger partial charge in [0.1, 0.15) is 0 Å². The SMILES string of the molecule is CCCC/C([Se]c1ccccc1)=C(/c1ccc(OS(=O)(=O)c2ccc(C)cc2)cc1)N(S(=O)(=O)c1ccccc1)S(=O)(=O)c1ccccc1. The van der Waals surface area contributed by atoms with Crippen LogP contribution in [0.4, 0.5) is 0 Å². The van der Waals surface area contributed by atoms with Crippen molar-refractivity contribution in [2.75, 3.05) is 0 Å². The number of benzene rings is 5. The molecule has 0 heterocycles. The van der Waals surface area contributed by atoms with Crippen LogP contribution in [-0.2, 0) is 30.2 Å². The second-order valence-electron chi connectivity index (χ2n) is 11.0. The number of allylic oxidation sites excluding steroid dienone is 1. The van der Waals surface area contributed by atoms with Crippen molar-refractivity contribution >= 4 is 55.3 Å². The summed E-state index contributed by atoms with van der Waals surface area (Å²) in [5.41, 5.74) is 1.15. The fourth-order valence-electron chi connectivity index (χ4n) is 4.85. The molecule has 0 aliphatic carbocycles. The molecule has 0 bridgehead atoms. The summed E-state index contributed by atoms with van der Waals surface area (Å²) in [4.78, 5) is -0.416. The van der Waals surface area contributed by atoms with Gasteiger partial charge in [0, 0.05) is 0 Å². The van der Waals surface area contributed by atoms with Gasteiger partial charge in [-0.1, -0.05) is 0 Å². The van der Waals surface area contributed by atoms with Crippen LogP contribution in [0.25, 0.3) is 5.70 Å². The minimum atomic E-state index is -4.72. The molecule has 0 saturated carbocycles. The van der Waals surface area contributed by atoms with Gasteiger partial charge in [-0.05, 0) is 6.92 Å². The molecule has 49 heavy (non-hydrogen) atoms. The Morgan fingerprint density at radius 2 is 1.10 bits per heavy atom. The van der Waals surface area contributed by atoms with Crippen molar-refractivity contribution in [2.45, 2.75) is 47.8 Å². The fourth-order valence-corrected chi connectivity index (χ4v) is 12.3. The average Bonchev–Trinajstić information content (AvgIpc) is 3.10. The molecular weight excluding hydrogens is 746 g/mol. The topological polar surface area (TPSA) is 115 Å². The van der Waals surface area contributed by atoms with E-state index in [9.17, 15) is 25.3 Å². The first-order valence-corrected chi connectivity index (χ1v) is 21.4. The Kier molecular flexibility index (Phi) is 11.5. The Labute approximate surface area is 295 Å². The molecule has 0 N–H and O–H groups in total. The zero-order valence-corrected chi connectivity index (χ0v) is 31.0. The normalized spacial score (nSPS) is 12.6. The zero-order valence-electron chi connectivity index (χ0n) is 26.8. The van der Waals surface area contributed by atoms with Gasteiger partial charge < -0.3 is 0 Å². The van der Waals surface area contributed by atoms with Gasteiger partial charge in [-0.3, -0.25) is 0 Å². The van der Waals surface area contributed by atoms with Crippen LogP contribution in [0.5, 0.6) is 5.75 Å². The van der Waals surface area contributed by atoms with E-state index < -0.39 is 45.1 Å². The average molecular weight is 781 g/mol. The molecule has 0 aliphatic rings. The summed E-state index contributed by atoms with van der Waals surface area (Å²) in [6.45, 7) is 3.85. The summed E-state index contributed by atoms with van der Waals surface area (Å²) in [5, 5.41) is 0. The molecule has 12 heteroatoms. The molecule has 0 aromatic heterocycles. The summed E-state index contributed by atoms with van der Waals surface area (Å²) >= 11 is -0.494. The minimum absolute atomic E-state index is 0.00190. The molecule has 5 rings (SSSR count). The molecule has 5 aromatic carbocycles. The van der Waals surface area contributed by atoms with Crippen molar-refractivity contribution in [1.82, 2.24) is 3.71 Å². The van der Waals surface area contributed by atoms with Gasteiger partial charge in [0.15, 0.2) is 0 Å². The standard InChI is InChI=1S/C37H35NO7S3Se/c1-3-4-20-36(49-35-18-12-7-13-19-35)37(30-23-25-31(26-24-30)45-48(43,44)34-27-21-29(2)22-28-34)38(46(39,40)32-14-8-5-9-15-32)47(41,42)33-16-10-6-11-17-33/h5-19,21-28H,3-4,20H2,1-2H3/b37-36+. The van der Waals surface area contributed by atoms with Crippen LogP contribution in [0.3, 0.4) is 0 Å². The van der Waals surface area contributed by atoms with E-state index in [0.717, 1.165) is 16.4 Å². The van der Waals surface area contributed by atoms with E-state index in [1.165, 1.54) is 84.9 Å². The van der Waals surface area contributed by atoms with E-state index in [4.69, 9.17) is 4.18 Å². The molecule has 0 fully saturated rings. The van der Waals surface area contributed by atoms with Crippen molar-refractivity contribution in [1.29, 1.82) is 0 Å². The van der Waals surface area contributed by atoms with Gasteiger partial charge in [-0.2, -0.15) is 0 Å². The number of unbranched alkanes of at least 4 members (excludes halogenated alkanes) is 1. The second kappa shape index (κ2) is 15.6. The third kappa shape index (κ3) is 8.52. The fraction of sp³-hybridized carbons (Fsp3) is 0.135. The quantitative estimate of drug-likeness (QED) is 0.0907. The van der Waals surface area contributed by atoms with Crippen LogP contribution in [0.15, 0.2) is 159 Å². The molecule has 0 spiro atoms. The third-order valence-corrected chi connectivity index (χ3v) is 15.2. The Balaban J connectivity index is 1.75. The van der Waals surface area contributed by atoms with E-state index >= 15 is 0 Å².